The molecule has 0 unspecified atom stereocenters. The Hall–Kier alpha value is -1.20. The predicted molar refractivity (Wildman–Crippen MR) is 79.2 cm³/mol. The van der Waals surface area contributed by atoms with Crippen LogP contribution in [0.2, 0.25) is 0 Å². The summed E-state index contributed by atoms with van der Waals surface area (Å²) in [7, 11) is 0. The van der Waals surface area contributed by atoms with Gasteiger partial charge in [-0.1, -0.05) is 0 Å². The van der Waals surface area contributed by atoms with Gasteiger partial charge in [0.1, 0.15) is 11.6 Å². The van der Waals surface area contributed by atoms with E-state index in [4.69, 9.17) is 4.74 Å². The highest BCUT2D eigenvalue weighted by molar-refractivity contribution is 5.48. The van der Waals surface area contributed by atoms with Crippen molar-refractivity contribution in [2.24, 2.45) is 0 Å². The van der Waals surface area contributed by atoms with Crippen molar-refractivity contribution < 1.29 is 4.74 Å². The van der Waals surface area contributed by atoms with Gasteiger partial charge in [-0.2, -0.15) is 0 Å². The smallest absolute Gasteiger partial charge is 0.133 e. The van der Waals surface area contributed by atoms with E-state index in [9.17, 15) is 0 Å². The second-order valence-corrected chi connectivity index (χ2v) is 5.63. The lowest BCUT2D eigenvalue weighted by Gasteiger charge is -2.26. The first kappa shape index (κ1) is 13.8. The van der Waals surface area contributed by atoms with Gasteiger partial charge in [-0.3, -0.25) is 4.90 Å². The summed E-state index contributed by atoms with van der Waals surface area (Å²) < 4.78 is 5.36. The molecule has 0 saturated carbocycles. The van der Waals surface area contributed by atoms with Crippen LogP contribution in [0.1, 0.15) is 29.9 Å². The maximum absolute atomic E-state index is 5.36. The Labute approximate surface area is 120 Å². The maximum atomic E-state index is 5.36. The molecule has 0 bridgehead atoms. The van der Waals surface area contributed by atoms with Crippen molar-refractivity contribution in [3.63, 3.8) is 0 Å². The van der Waals surface area contributed by atoms with E-state index >= 15 is 0 Å². The van der Waals surface area contributed by atoms with Gasteiger partial charge in [-0.25, -0.2) is 9.97 Å². The first-order valence-corrected chi connectivity index (χ1v) is 7.73. The van der Waals surface area contributed by atoms with Gasteiger partial charge in [0.05, 0.1) is 13.2 Å². The summed E-state index contributed by atoms with van der Waals surface area (Å²) >= 11 is 0. The predicted octanol–water partition coefficient (Wildman–Crippen LogP) is 1.41. The van der Waals surface area contributed by atoms with E-state index in [-0.39, 0.29) is 0 Å². The van der Waals surface area contributed by atoms with Crippen LogP contribution >= 0.6 is 0 Å². The van der Waals surface area contributed by atoms with Crippen LogP contribution < -0.4 is 5.32 Å². The zero-order valence-corrected chi connectivity index (χ0v) is 12.3. The average Bonchev–Trinajstić information content (AvgIpc) is 2.92. The topological polar surface area (TPSA) is 50.3 Å². The Morgan fingerprint density at radius 3 is 2.90 bits per heavy atom. The molecule has 1 saturated heterocycles. The number of anilines is 1. The summed E-state index contributed by atoms with van der Waals surface area (Å²) in [6.07, 6.45) is 4.61. The molecule has 1 aromatic rings. The molecule has 20 heavy (non-hydrogen) atoms. The van der Waals surface area contributed by atoms with E-state index in [1.807, 2.05) is 6.92 Å². The molecule has 0 radical (unpaired) electrons. The van der Waals surface area contributed by atoms with Gasteiger partial charge in [-0.05, 0) is 39.2 Å². The summed E-state index contributed by atoms with van der Waals surface area (Å²) in [5, 5.41) is 3.52. The van der Waals surface area contributed by atoms with Gasteiger partial charge < -0.3 is 10.1 Å². The van der Waals surface area contributed by atoms with E-state index < -0.39 is 0 Å². The van der Waals surface area contributed by atoms with Crippen LogP contribution in [0.3, 0.4) is 0 Å². The summed E-state index contributed by atoms with van der Waals surface area (Å²) in [6.45, 7) is 8.02. The number of fused-ring (bicyclic) bond motifs is 1. The molecule has 2 heterocycles. The van der Waals surface area contributed by atoms with Crippen LogP contribution in [0.25, 0.3) is 0 Å². The lowest BCUT2D eigenvalue weighted by atomic mass is 10.2. The molecule has 5 heteroatoms. The Morgan fingerprint density at radius 2 is 2.05 bits per heavy atom. The molecule has 110 valence electrons. The number of hydrogen-bond acceptors (Lipinski definition) is 5. The number of hydrogen-bond donors (Lipinski definition) is 1. The highest BCUT2D eigenvalue weighted by Gasteiger charge is 2.18. The molecule has 1 aromatic heterocycles. The molecule has 0 aromatic carbocycles. The summed E-state index contributed by atoms with van der Waals surface area (Å²) in [6, 6.07) is 0. The third-order valence-electron chi connectivity index (χ3n) is 4.09. The average molecular weight is 276 g/mol. The first-order valence-electron chi connectivity index (χ1n) is 7.73. The molecular weight excluding hydrogens is 252 g/mol. The second kappa shape index (κ2) is 6.50. The summed E-state index contributed by atoms with van der Waals surface area (Å²) in [5.74, 6) is 1.97. The lowest BCUT2D eigenvalue weighted by Crippen LogP contribution is -2.37. The molecule has 1 aliphatic heterocycles. The lowest BCUT2D eigenvalue weighted by molar-refractivity contribution is 0.0378. The molecule has 1 aliphatic carbocycles. The molecule has 2 aliphatic rings. The van der Waals surface area contributed by atoms with E-state index in [0.717, 1.165) is 70.3 Å². The number of nitrogens with zero attached hydrogens (tertiary/aromatic N) is 3. The Balaban J connectivity index is 1.49. The maximum Gasteiger partial charge on any atom is 0.133 e. The van der Waals surface area contributed by atoms with Gasteiger partial charge >= 0.3 is 0 Å². The monoisotopic (exact) mass is 276 g/mol. The Morgan fingerprint density at radius 1 is 1.20 bits per heavy atom. The van der Waals surface area contributed by atoms with Crippen LogP contribution in [0.5, 0.6) is 0 Å². The normalized spacial score (nSPS) is 19.1. The van der Waals surface area contributed by atoms with Gasteiger partial charge in [0.25, 0.3) is 0 Å². The number of rotatable bonds is 5. The van der Waals surface area contributed by atoms with Gasteiger partial charge in [0, 0.05) is 30.9 Å². The molecule has 1 N–H and O–H groups in total. The minimum Gasteiger partial charge on any atom is -0.379 e. The van der Waals surface area contributed by atoms with Crippen LogP contribution in [-0.2, 0) is 17.6 Å². The van der Waals surface area contributed by atoms with Crippen LogP contribution in [0.15, 0.2) is 0 Å². The molecule has 1 fully saturated rings. The molecular formula is C15H24N4O. The quantitative estimate of drug-likeness (QED) is 0.824. The van der Waals surface area contributed by atoms with E-state index in [1.165, 1.54) is 17.7 Å². The number of morpholine rings is 1. The molecule has 0 spiro atoms. The van der Waals surface area contributed by atoms with E-state index in [0.29, 0.717) is 0 Å². The van der Waals surface area contributed by atoms with Crippen molar-refractivity contribution in [3.05, 3.63) is 17.1 Å². The third-order valence-corrected chi connectivity index (χ3v) is 4.09. The molecule has 0 atom stereocenters. The third kappa shape index (κ3) is 3.27. The van der Waals surface area contributed by atoms with Crippen molar-refractivity contribution >= 4 is 5.82 Å². The van der Waals surface area contributed by atoms with E-state index in [1.54, 1.807) is 0 Å². The van der Waals surface area contributed by atoms with Crippen molar-refractivity contribution in [1.82, 2.24) is 14.9 Å². The SMILES string of the molecule is Cc1nc2c(c(NCCCN3CCOCC3)n1)CCC2. The van der Waals surface area contributed by atoms with E-state index in [2.05, 4.69) is 20.2 Å². The fourth-order valence-corrected chi connectivity index (χ4v) is 3.04. The fraction of sp³-hybridized carbons (Fsp3) is 0.733. The number of nitrogens with one attached hydrogen (secondary N) is 1. The molecule has 3 rings (SSSR count). The Bertz CT molecular complexity index is 457. The van der Waals surface area contributed by atoms with Crippen molar-refractivity contribution in [1.29, 1.82) is 0 Å². The number of aryl methyl sites for hydroxylation is 2. The van der Waals surface area contributed by atoms with Crippen molar-refractivity contribution in [2.75, 3.05) is 44.7 Å². The number of aromatic nitrogens is 2. The van der Waals surface area contributed by atoms with Crippen molar-refractivity contribution in [2.45, 2.75) is 32.6 Å². The minimum absolute atomic E-state index is 0.881. The van der Waals surface area contributed by atoms with Crippen LogP contribution in [0, 0.1) is 6.92 Å². The summed E-state index contributed by atoms with van der Waals surface area (Å²) in [5.41, 5.74) is 2.61. The fourth-order valence-electron chi connectivity index (χ4n) is 3.04. The zero-order valence-electron chi connectivity index (χ0n) is 12.3. The largest absolute Gasteiger partial charge is 0.379 e. The van der Waals surface area contributed by atoms with Gasteiger partial charge in [0.2, 0.25) is 0 Å². The summed E-state index contributed by atoms with van der Waals surface area (Å²) in [4.78, 5) is 11.6. The Kier molecular flexibility index (Phi) is 4.47. The minimum atomic E-state index is 0.881. The second-order valence-electron chi connectivity index (χ2n) is 5.63. The van der Waals surface area contributed by atoms with Crippen molar-refractivity contribution in [3.8, 4) is 0 Å². The molecule has 5 nitrogen and oxygen atoms in total. The van der Waals surface area contributed by atoms with Crippen LogP contribution in [0.4, 0.5) is 5.82 Å². The highest BCUT2D eigenvalue weighted by atomic mass is 16.5. The van der Waals surface area contributed by atoms with Crippen LogP contribution in [-0.4, -0.2) is 54.3 Å². The standard InChI is InChI=1S/C15H24N4O/c1-12-17-14-5-2-4-13(14)15(18-12)16-6-3-7-19-8-10-20-11-9-19/h2-11H2,1H3,(H,16,17,18). The zero-order chi connectivity index (χ0) is 13.8. The van der Waals surface area contributed by atoms with Gasteiger partial charge in [0.15, 0.2) is 0 Å². The molecule has 0 amide bonds. The highest BCUT2D eigenvalue weighted by Crippen LogP contribution is 2.25. The first-order chi connectivity index (χ1) is 9.83. The van der Waals surface area contributed by atoms with Gasteiger partial charge in [-0.15, -0.1) is 0 Å². The number of ether oxygens (including phenoxy) is 1.